The van der Waals surface area contributed by atoms with Gasteiger partial charge < -0.3 is 25.8 Å². The van der Waals surface area contributed by atoms with E-state index < -0.39 is 0 Å². The third-order valence-corrected chi connectivity index (χ3v) is 6.61. The Labute approximate surface area is 249 Å². The number of amides is 2. The highest BCUT2D eigenvalue weighted by molar-refractivity contribution is 6.07. The van der Waals surface area contributed by atoms with Gasteiger partial charge in [0.05, 0.1) is 23.9 Å². The summed E-state index contributed by atoms with van der Waals surface area (Å²) < 4.78 is 8.95. The van der Waals surface area contributed by atoms with Gasteiger partial charge in [0.25, 0.3) is 5.91 Å². The van der Waals surface area contributed by atoms with Crippen molar-refractivity contribution in [2.75, 3.05) is 20.7 Å². The van der Waals surface area contributed by atoms with Gasteiger partial charge in [0.2, 0.25) is 0 Å². The molecule has 2 aromatic carbocycles. The van der Waals surface area contributed by atoms with Crippen molar-refractivity contribution >= 4 is 28.9 Å². The summed E-state index contributed by atoms with van der Waals surface area (Å²) in [6.07, 6.45) is 5.93. The van der Waals surface area contributed by atoms with Gasteiger partial charge in [0, 0.05) is 38.0 Å². The van der Waals surface area contributed by atoms with Gasteiger partial charge >= 0.3 is 12.1 Å². The van der Waals surface area contributed by atoms with Crippen molar-refractivity contribution in [1.29, 1.82) is 0 Å². The van der Waals surface area contributed by atoms with Gasteiger partial charge in [0.15, 0.2) is 0 Å². The van der Waals surface area contributed by atoms with Crippen LogP contribution in [0, 0.1) is 5.92 Å². The Morgan fingerprint density at radius 3 is 2.14 bits per heavy atom. The van der Waals surface area contributed by atoms with Gasteiger partial charge in [-0.25, -0.2) is 9.78 Å². The fourth-order valence-electron chi connectivity index (χ4n) is 4.38. The number of nitrogens with one attached hydrogen (secondary N) is 2. The predicted octanol–water partition coefficient (Wildman–Crippen LogP) is 5.99. The van der Waals surface area contributed by atoms with Crippen LogP contribution in [0.15, 0.2) is 54.6 Å². The summed E-state index contributed by atoms with van der Waals surface area (Å²) in [5.74, 6) is 0.350. The van der Waals surface area contributed by atoms with Crippen LogP contribution >= 0.6 is 0 Å². The maximum absolute atomic E-state index is 13.0. The van der Waals surface area contributed by atoms with Crippen LogP contribution in [0.5, 0.6) is 0 Å². The van der Waals surface area contributed by atoms with Crippen LogP contribution in [-0.2, 0) is 20.8 Å². The van der Waals surface area contributed by atoms with E-state index in [9.17, 15) is 14.4 Å². The molecule has 3 aromatic rings. The lowest BCUT2D eigenvalue weighted by Crippen LogP contribution is -2.30. The summed E-state index contributed by atoms with van der Waals surface area (Å²) >= 11 is 0. The molecular formula is C33H46N4O5. The highest BCUT2D eigenvalue weighted by Crippen LogP contribution is 2.26. The van der Waals surface area contributed by atoms with Gasteiger partial charge in [-0.1, -0.05) is 61.7 Å². The fourth-order valence-corrected chi connectivity index (χ4v) is 4.38. The minimum absolute atomic E-state index is 0.0102. The first kappa shape index (κ1) is 34.2. The number of para-hydroxylation sites is 1. The van der Waals surface area contributed by atoms with Crippen LogP contribution in [-0.4, -0.2) is 49.3 Å². The summed E-state index contributed by atoms with van der Waals surface area (Å²) in [5, 5.41) is 6.43. The average molecular weight is 579 g/mol. The van der Waals surface area contributed by atoms with E-state index in [-0.39, 0.29) is 23.6 Å². The number of esters is 1. The molecule has 0 atom stereocenters. The molecule has 0 spiro atoms. The zero-order valence-electron chi connectivity index (χ0n) is 25.8. The lowest BCUT2D eigenvalue weighted by Gasteiger charge is -2.22. The number of carbonyl (C=O) groups excluding carboxylic acids is 3. The van der Waals surface area contributed by atoms with Gasteiger partial charge in [0.1, 0.15) is 5.60 Å². The molecule has 4 N–H and O–H groups in total. The molecule has 0 radical (unpaired) electrons. The van der Waals surface area contributed by atoms with E-state index in [1.165, 1.54) is 53.2 Å². The normalized spacial score (nSPS) is 13.0. The topological polar surface area (TPSA) is 133 Å². The van der Waals surface area contributed by atoms with E-state index >= 15 is 0 Å². The van der Waals surface area contributed by atoms with Gasteiger partial charge in [-0.05, 0) is 57.2 Å². The van der Waals surface area contributed by atoms with E-state index in [0.717, 1.165) is 34.3 Å². The lowest BCUT2D eigenvalue weighted by atomic mass is 9.89. The number of carbonyl (C=O) groups is 3. The first-order chi connectivity index (χ1) is 20.0. The first-order valence-electron chi connectivity index (χ1n) is 14.4. The Balaban J connectivity index is 0.000000368. The van der Waals surface area contributed by atoms with Crippen molar-refractivity contribution in [2.24, 2.45) is 11.7 Å². The number of hydrogen-bond acceptors (Lipinski definition) is 7. The maximum Gasteiger partial charge on any atom is 0.407 e. The molecule has 9 nitrogen and oxygen atoms in total. The largest absolute Gasteiger partial charge is 0.469 e. The molecule has 1 fully saturated rings. The Kier molecular flexibility index (Phi) is 13.9. The number of hydrogen-bond donors (Lipinski definition) is 3. The zero-order chi connectivity index (χ0) is 31.1. The molecule has 0 unspecified atom stereocenters. The quantitative estimate of drug-likeness (QED) is 0.317. The highest BCUT2D eigenvalue weighted by atomic mass is 16.6. The zero-order valence-corrected chi connectivity index (χ0v) is 25.8. The molecule has 1 aliphatic carbocycles. The minimum Gasteiger partial charge on any atom is -0.469 e. The Morgan fingerprint density at radius 1 is 1.00 bits per heavy atom. The molecule has 228 valence electrons. The molecule has 1 heterocycles. The van der Waals surface area contributed by atoms with Crippen LogP contribution in [0.25, 0.3) is 22.2 Å². The van der Waals surface area contributed by atoms with Crippen LogP contribution in [0.1, 0.15) is 75.7 Å². The summed E-state index contributed by atoms with van der Waals surface area (Å²) in [6, 6.07) is 17.8. The van der Waals surface area contributed by atoms with Crippen molar-refractivity contribution in [3.8, 4) is 11.3 Å². The number of pyridine rings is 1. The minimum atomic E-state index is -0.389. The monoisotopic (exact) mass is 578 g/mol. The number of ether oxygens (including phenoxy) is 2. The van der Waals surface area contributed by atoms with E-state index in [1.54, 1.807) is 0 Å². The first-order valence-corrected chi connectivity index (χ1v) is 14.4. The Bertz CT molecular complexity index is 1300. The third-order valence-electron chi connectivity index (χ3n) is 6.61. The number of nitrogens with two attached hydrogens (primary N) is 1. The molecule has 0 bridgehead atoms. The second-order valence-electron chi connectivity index (χ2n) is 11.1. The molecule has 0 aliphatic heterocycles. The second kappa shape index (κ2) is 17.1. The number of rotatable bonds is 5. The lowest BCUT2D eigenvalue weighted by molar-refractivity contribution is -0.137. The molecule has 2 amide bonds. The number of methoxy groups -OCH3 is 1. The van der Waals surface area contributed by atoms with E-state index in [2.05, 4.69) is 15.4 Å². The van der Waals surface area contributed by atoms with E-state index in [0.29, 0.717) is 18.0 Å². The summed E-state index contributed by atoms with van der Waals surface area (Å²) in [7, 11) is 2.89. The molecule has 1 aromatic heterocycles. The van der Waals surface area contributed by atoms with Crippen molar-refractivity contribution < 1.29 is 23.9 Å². The number of fused-ring (bicyclic) bond motifs is 1. The highest BCUT2D eigenvalue weighted by Gasteiger charge is 2.18. The number of nitrogens with zero attached hydrogens (tertiary/aromatic N) is 1. The van der Waals surface area contributed by atoms with Crippen molar-refractivity contribution in [3.63, 3.8) is 0 Å². The average Bonchev–Trinajstić information content (AvgIpc) is 2.99. The predicted molar refractivity (Wildman–Crippen MR) is 167 cm³/mol. The third kappa shape index (κ3) is 11.9. The van der Waals surface area contributed by atoms with E-state index in [1.807, 2.05) is 75.4 Å². The summed E-state index contributed by atoms with van der Waals surface area (Å²) in [5.41, 5.74) is 9.73. The van der Waals surface area contributed by atoms with Crippen molar-refractivity contribution in [2.45, 2.75) is 71.9 Å². The van der Waals surface area contributed by atoms with Gasteiger partial charge in [-0.3, -0.25) is 9.59 Å². The van der Waals surface area contributed by atoms with Gasteiger partial charge in [-0.15, -0.1) is 0 Å². The second-order valence-corrected chi connectivity index (χ2v) is 11.1. The van der Waals surface area contributed by atoms with Crippen LogP contribution in [0.3, 0.4) is 0 Å². The van der Waals surface area contributed by atoms with E-state index in [4.69, 9.17) is 15.5 Å². The SMILES string of the molecule is CNC(=O)OC(C)(C)C.COC(C)=O.NCc1ccc(-c2cc(C(=O)NCC3CCCCC3)c3ccccc3n2)cc1. The fraction of sp³-hybridized carbons (Fsp3) is 0.455. The summed E-state index contributed by atoms with van der Waals surface area (Å²) in [4.78, 5) is 37.9. The number of benzene rings is 2. The maximum atomic E-state index is 13.0. The van der Waals surface area contributed by atoms with Crippen molar-refractivity contribution in [1.82, 2.24) is 15.6 Å². The molecule has 1 saturated carbocycles. The number of alkyl carbamates (subject to hydrolysis) is 1. The van der Waals surface area contributed by atoms with Crippen LogP contribution in [0.4, 0.5) is 4.79 Å². The molecular weight excluding hydrogens is 532 g/mol. The molecule has 42 heavy (non-hydrogen) atoms. The summed E-state index contributed by atoms with van der Waals surface area (Å²) in [6.45, 7) is 8.10. The molecule has 9 heteroatoms. The molecule has 4 rings (SSSR count). The van der Waals surface area contributed by atoms with Crippen molar-refractivity contribution in [3.05, 3.63) is 65.7 Å². The number of aromatic nitrogens is 1. The van der Waals surface area contributed by atoms with Gasteiger partial charge in [-0.2, -0.15) is 0 Å². The standard InChI is InChI=1S/C24H27N3O.C6H13NO2.C3H6O2/c25-15-17-10-12-19(13-11-17)23-14-21(20-8-4-5-9-22(20)27-23)24(28)26-16-18-6-2-1-3-7-18;1-6(2,3)9-5(8)7-4;1-3(4)5-2/h4-5,8-14,18H,1-3,6-7,15-16,25H2,(H,26,28);1-4H3,(H,7,8);1-2H3. The van der Waals surface area contributed by atoms with Crippen LogP contribution < -0.4 is 16.4 Å². The Hall–Kier alpha value is -3.98. The Morgan fingerprint density at radius 2 is 1.62 bits per heavy atom. The smallest absolute Gasteiger partial charge is 0.407 e. The molecule has 0 saturated heterocycles. The van der Waals surface area contributed by atoms with Crippen LogP contribution in [0.2, 0.25) is 0 Å². The molecule has 1 aliphatic rings.